The van der Waals surface area contributed by atoms with Crippen molar-refractivity contribution in [1.29, 1.82) is 0 Å². The minimum Gasteiger partial charge on any atom is -0.480 e. The molecule has 0 heterocycles. The molecule has 1 unspecified atom stereocenters. The van der Waals surface area contributed by atoms with Crippen LogP contribution in [0.15, 0.2) is 30.3 Å². The minimum absolute atomic E-state index is 0.388. The zero-order valence-electron chi connectivity index (χ0n) is 12.3. The van der Waals surface area contributed by atoms with Crippen molar-refractivity contribution in [2.24, 2.45) is 0 Å². The third-order valence-corrected chi connectivity index (χ3v) is 3.78. The summed E-state index contributed by atoms with van der Waals surface area (Å²) in [5.74, 6) is -0.768. The largest absolute Gasteiger partial charge is 0.480 e. The van der Waals surface area contributed by atoms with Crippen LogP contribution in [0, 0.1) is 0 Å². The van der Waals surface area contributed by atoms with E-state index in [0.29, 0.717) is 12.6 Å². The number of rotatable bonds is 8. The molecule has 0 amide bonds. The highest BCUT2D eigenvalue weighted by Crippen LogP contribution is 2.23. The Bertz CT molecular complexity index is 445. The highest BCUT2D eigenvalue weighted by Gasteiger charge is 2.39. The van der Waals surface area contributed by atoms with Crippen molar-refractivity contribution < 1.29 is 9.90 Å². The number of aliphatic carboxylic acids is 1. The van der Waals surface area contributed by atoms with Crippen LogP contribution in [0.2, 0.25) is 0 Å². The quantitative estimate of drug-likeness (QED) is 0.759. The van der Waals surface area contributed by atoms with E-state index in [1.165, 1.54) is 5.56 Å². The summed E-state index contributed by atoms with van der Waals surface area (Å²) in [6.07, 6.45) is 3.13. The number of likely N-dealkylation sites (N-methyl/N-ethyl adjacent to an activating group) is 1. The maximum absolute atomic E-state index is 11.5. The van der Waals surface area contributed by atoms with Crippen molar-refractivity contribution in [3.8, 4) is 0 Å². The van der Waals surface area contributed by atoms with E-state index >= 15 is 0 Å². The van der Waals surface area contributed by atoms with Crippen LogP contribution in [0.3, 0.4) is 0 Å². The third kappa shape index (κ3) is 4.32. The lowest BCUT2D eigenvalue weighted by atomic mass is 10.0. The third-order valence-electron chi connectivity index (χ3n) is 3.78. The molecule has 0 saturated heterocycles. The molecule has 0 radical (unpaired) electrons. The molecule has 4 nitrogen and oxygen atoms in total. The van der Waals surface area contributed by atoms with Crippen LogP contribution in [0.5, 0.6) is 0 Å². The lowest BCUT2D eigenvalue weighted by Gasteiger charge is -2.31. The minimum atomic E-state index is -0.855. The van der Waals surface area contributed by atoms with Crippen molar-refractivity contribution in [3.05, 3.63) is 35.9 Å². The van der Waals surface area contributed by atoms with E-state index in [-0.39, 0.29) is 0 Å². The molecule has 1 aliphatic rings. The van der Waals surface area contributed by atoms with Gasteiger partial charge in [-0.2, -0.15) is 0 Å². The molecule has 1 aromatic rings. The molecular weight excluding hydrogens is 252 g/mol. The van der Waals surface area contributed by atoms with Crippen LogP contribution in [-0.2, 0) is 11.2 Å². The van der Waals surface area contributed by atoms with Crippen molar-refractivity contribution in [2.45, 2.75) is 37.8 Å². The first-order chi connectivity index (χ1) is 9.49. The van der Waals surface area contributed by atoms with Crippen molar-refractivity contribution in [1.82, 2.24) is 10.2 Å². The average molecular weight is 276 g/mol. The van der Waals surface area contributed by atoms with Crippen LogP contribution >= 0.6 is 0 Å². The summed E-state index contributed by atoms with van der Waals surface area (Å²) in [7, 11) is 1.98. The van der Waals surface area contributed by atoms with Gasteiger partial charge < -0.3 is 10.0 Å². The monoisotopic (exact) mass is 276 g/mol. The Morgan fingerprint density at radius 3 is 2.60 bits per heavy atom. The van der Waals surface area contributed by atoms with Gasteiger partial charge in [0, 0.05) is 19.1 Å². The molecule has 2 rings (SSSR count). The molecule has 110 valence electrons. The summed E-state index contributed by atoms with van der Waals surface area (Å²) in [6.45, 7) is 3.16. The van der Waals surface area contributed by atoms with Gasteiger partial charge in [-0.15, -0.1) is 0 Å². The Kier molecular flexibility index (Phi) is 4.78. The van der Waals surface area contributed by atoms with Crippen LogP contribution in [0.4, 0.5) is 0 Å². The number of hydrogen-bond acceptors (Lipinski definition) is 3. The maximum atomic E-state index is 11.5. The first-order valence-corrected chi connectivity index (χ1v) is 7.23. The Labute approximate surface area is 120 Å². The summed E-state index contributed by atoms with van der Waals surface area (Å²) in [6, 6.07) is 10.7. The number of nitrogens with one attached hydrogen (secondary N) is 1. The average Bonchev–Trinajstić information content (AvgIpc) is 3.21. The molecular formula is C16H24N2O2. The van der Waals surface area contributed by atoms with Crippen LogP contribution in [0.25, 0.3) is 0 Å². The molecule has 1 fully saturated rings. The molecule has 1 aliphatic carbocycles. The van der Waals surface area contributed by atoms with Crippen LogP contribution in [0.1, 0.15) is 25.3 Å². The second-order valence-electron chi connectivity index (χ2n) is 6.03. The van der Waals surface area contributed by atoms with E-state index in [1.54, 1.807) is 6.92 Å². The summed E-state index contributed by atoms with van der Waals surface area (Å²) in [5, 5.41) is 12.7. The predicted octanol–water partition coefficient (Wildman–Crippen LogP) is 1.76. The van der Waals surface area contributed by atoms with Gasteiger partial charge in [0.15, 0.2) is 0 Å². The van der Waals surface area contributed by atoms with E-state index in [0.717, 1.165) is 25.8 Å². The van der Waals surface area contributed by atoms with E-state index < -0.39 is 11.5 Å². The van der Waals surface area contributed by atoms with E-state index in [9.17, 15) is 9.90 Å². The Hall–Kier alpha value is -1.39. The first-order valence-electron chi connectivity index (χ1n) is 7.23. The predicted molar refractivity (Wildman–Crippen MR) is 79.8 cm³/mol. The SMILES string of the molecule is CN(CCc1ccccc1)CC(C)(NC1CC1)C(=O)O. The second-order valence-corrected chi connectivity index (χ2v) is 6.03. The van der Waals surface area contributed by atoms with Crippen LogP contribution in [-0.4, -0.2) is 47.7 Å². The van der Waals surface area contributed by atoms with Gasteiger partial charge in [0.25, 0.3) is 0 Å². The summed E-state index contributed by atoms with van der Waals surface area (Å²) in [5.41, 5.74) is 0.429. The highest BCUT2D eigenvalue weighted by atomic mass is 16.4. The number of benzene rings is 1. The summed E-state index contributed by atoms with van der Waals surface area (Å²) < 4.78 is 0. The molecule has 1 atom stereocenters. The maximum Gasteiger partial charge on any atom is 0.324 e. The molecule has 1 aromatic carbocycles. The molecule has 4 heteroatoms. The van der Waals surface area contributed by atoms with Gasteiger partial charge in [-0.3, -0.25) is 10.1 Å². The molecule has 20 heavy (non-hydrogen) atoms. The van der Waals surface area contributed by atoms with Crippen LogP contribution < -0.4 is 5.32 Å². The summed E-state index contributed by atoms with van der Waals surface area (Å²) >= 11 is 0. The zero-order valence-corrected chi connectivity index (χ0v) is 12.3. The lowest BCUT2D eigenvalue weighted by Crippen LogP contribution is -2.57. The molecule has 0 spiro atoms. The normalized spacial score (nSPS) is 17.9. The van der Waals surface area contributed by atoms with E-state index in [2.05, 4.69) is 22.3 Å². The summed E-state index contributed by atoms with van der Waals surface area (Å²) in [4.78, 5) is 13.6. The van der Waals surface area contributed by atoms with Crippen molar-refractivity contribution in [3.63, 3.8) is 0 Å². The van der Waals surface area contributed by atoms with Gasteiger partial charge in [0.2, 0.25) is 0 Å². The van der Waals surface area contributed by atoms with Gasteiger partial charge in [-0.1, -0.05) is 30.3 Å². The first kappa shape index (κ1) is 15.0. The number of carboxylic acids is 1. The van der Waals surface area contributed by atoms with E-state index in [1.807, 2.05) is 25.2 Å². The molecule has 0 bridgehead atoms. The lowest BCUT2D eigenvalue weighted by molar-refractivity contribution is -0.145. The van der Waals surface area contributed by atoms with Gasteiger partial charge in [-0.05, 0) is 38.8 Å². The Morgan fingerprint density at radius 2 is 2.05 bits per heavy atom. The zero-order chi connectivity index (χ0) is 14.6. The second kappa shape index (κ2) is 6.37. The fourth-order valence-electron chi connectivity index (χ4n) is 2.44. The van der Waals surface area contributed by atoms with Gasteiger partial charge >= 0.3 is 5.97 Å². The van der Waals surface area contributed by atoms with Crippen molar-refractivity contribution in [2.75, 3.05) is 20.1 Å². The number of hydrogen-bond donors (Lipinski definition) is 2. The standard InChI is InChI=1S/C16H24N2O2/c1-16(15(19)20,17-14-8-9-14)12-18(2)11-10-13-6-4-3-5-7-13/h3-7,14,17H,8-12H2,1-2H3,(H,19,20). The number of nitrogens with zero attached hydrogens (tertiary/aromatic N) is 1. The highest BCUT2D eigenvalue weighted by molar-refractivity contribution is 5.78. The van der Waals surface area contributed by atoms with Crippen molar-refractivity contribution >= 4 is 5.97 Å². The topological polar surface area (TPSA) is 52.6 Å². The fraction of sp³-hybridized carbons (Fsp3) is 0.562. The smallest absolute Gasteiger partial charge is 0.324 e. The Balaban J connectivity index is 1.84. The van der Waals surface area contributed by atoms with E-state index in [4.69, 9.17) is 0 Å². The fourth-order valence-corrected chi connectivity index (χ4v) is 2.44. The number of carboxylic acid groups (broad SMARTS) is 1. The molecule has 1 saturated carbocycles. The van der Waals surface area contributed by atoms with Gasteiger partial charge in [-0.25, -0.2) is 0 Å². The molecule has 0 aromatic heterocycles. The number of carbonyl (C=O) groups is 1. The van der Waals surface area contributed by atoms with Gasteiger partial charge in [0.05, 0.1) is 0 Å². The molecule has 2 N–H and O–H groups in total. The molecule has 0 aliphatic heterocycles. The Morgan fingerprint density at radius 1 is 1.40 bits per heavy atom. The van der Waals surface area contributed by atoms with Gasteiger partial charge in [0.1, 0.15) is 5.54 Å².